The third-order valence-electron chi connectivity index (χ3n) is 2.96. The fraction of sp³-hybridized carbons (Fsp3) is 0.846. The van der Waals surface area contributed by atoms with E-state index in [2.05, 4.69) is 10.1 Å². The molecule has 2 N–H and O–H groups in total. The van der Waals surface area contributed by atoms with Gasteiger partial charge in [0, 0.05) is 19.6 Å². The van der Waals surface area contributed by atoms with Gasteiger partial charge in [0.25, 0.3) is 6.47 Å². The average molecular weight is 288 g/mol. The van der Waals surface area contributed by atoms with Gasteiger partial charge in [0.1, 0.15) is 12.2 Å². The molecule has 0 aromatic rings. The first-order valence-electron chi connectivity index (χ1n) is 6.77. The molecule has 0 spiro atoms. The lowest BCUT2D eigenvalue weighted by molar-refractivity contribution is -0.129. The Morgan fingerprint density at radius 3 is 2.75 bits per heavy atom. The Morgan fingerprint density at radius 2 is 2.20 bits per heavy atom. The number of ether oxygens (including phenoxy) is 2. The Morgan fingerprint density at radius 1 is 1.50 bits per heavy atom. The standard InChI is InChI=1S/C13H24N2O5/c1-13(2,3)20-12(18)14-10-4-5-15(8-11(10)17)6-7-19-9-16/h9-11,17H,4-8H2,1-3H3,(H,14,18). The first kappa shape index (κ1) is 16.7. The molecule has 1 rings (SSSR count). The van der Waals surface area contributed by atoms with Crippen molar-refractivity contribution in [2.24, 2.45) is 0 Å². The summed E-state index contributed by atoms with van der Waals surface area (Å²) in [5.74, 6) is 0. The van der Waals surface area contributed by atoms with Crippen molar-refractivity contribution in [3.05, 3.63) is 0 Å². The summed E-state index contributed by atoms with van der Waals surface area (Å²) in [5.41, 5.74) is -0.554. The SMILES string of the molecule is CC(C)(C)OC(=O)NC1CCN(CCOC=O)CC1O. The van der Waals surface area contributed by atoms with E-state index in [4.69, 9.17) is 4.74 Å². The monoisotopic (exact) mass is 288 g/mol. The molecule has 1 aliphatic heterocycles. The maximum atomic E-state index is 11.6. The highest BCUT2D eigenvalue weighted by Gasteiger charge is 2.30. The van der Waals surface area contributed by atoms with Crippen LogP contribution >= 0.6 is 0 Å². The number of nitrogens with one attached hydrogen (secondary N) is 1. The van der Waals surface area contributed by atoms with E-state index >= 15 is 0 Å². The Labute approximate surface area is 119 Å². The topological polar surface area (TPSA) is 88.1 Å². The van der Waals surface area contributed by atoms with Gasteiger partial charge in [-0.1, -0.05) is 0 Å². The lowest BCUT2D eigenvalue weighted by Crippen LogP contribution is -2.55. The molecule has 20 heavy (non-hydrogen) atoms. The van der Waals surface area contributed by atoms with E-state index in [1.165, 1.54) is 0 Å². The molecule has 1 fully saturated rings. The number of aliphatic hydroxyl groups is 1. The van der Waals surface area contributed by atoms with Gasteiger partial charge in [-0.05, 0) is 27.2 Å². The van der Waals surface area contributed by atoms with Crippen LogP contribution in [0, 0.1) is 0 Å². The fourth-order valence-corrected chi connectivity index (χ4v) is 2.06. The zero-order chi connectivity index (χ0) is 15.2. The summed E-state index contributed by atoms with van der Waals surface area (Å²) in [6.45, 7) is 7.82. The molecule has 1 saturated heterocycles. The molecule has 7 nitrogen and oxygen atoms in total. The first-order valence-corrected chi connectivity index (χ1v) is 6.77. The van der Waals surface area contributed by atoms with Gasteiger partial charge >= 0.3 is 6.09 Å². The second-order valence-corrected chi connectivity index (χ2v) is 5.88. The zero-order valence-electron chi connectivity index (χ0n) is 12.3. The van der Waals surface area contributed by atoms with Crippen LogP contribution in [0.4, 0.5) is 4.79 Å². The maximum absolute atomic E-state index is 11.6. The minimum atomic E-state index is -0.660. The Bertz CT molecular complexity index is 329. The number of hydrogen-bond acceptors (Lipinski definition) is 6. The minimum absolute atomic E-state index is 0.306. The van der Waals surface area contributed by atoms with Crippen LogP contribution in [0.15, 0.2) is 0 Å². The van der Waals surface area contributed by atoms with Crippen molar-refractivity contribution in [3.8, 4) is 0 Å². The van der Waals surface area contributed by atoms with E-state index in [9.17, 15) is 14.7 Å². The number of hydrogen-bond donors (Lipinski definition) is 2. The van der Waals surface area contributed by atoms with Crippen LogP contribution in [0.1, 0.15) is 27.2 Å². The molecule has 116 valence electrons. The number of piperidine rings is 1. The summed E-state index contributed by atoms with van der Waals surface area (Å²) in [4.78, 5) is 23.7. The fourth-order valence-electron chi connectivity index (χ4n) is 2.06. The van der Waals surface area contributed by atoms with Crippen molar-refractivity contribution in [3.63, 3.8) is 0 Å². The van der Waals surface area contributed by atoms with Crippen LogP contribution in [0.25, 0.3) is 0 Å². The van der Waals surface area contributed by atoms with Gasteiger partial charge < -0.3 is 19.9 Å². The summed E-state index contributed by atoms with van der Waals surface area (Å²) < 4.78 is 9.79. The van der Waals surface area contributed by atoms with E-state index in [0.29, 0.717) is 32.6 Å². The largest absolute Gasteiger partial charge is 0.467 e. The number of carbonyl (C=O) groups excluding carboxylic acids is 2. The summed E-state index contributed by atoms with van der Waals surface area (Å²) >= 11 is 0. The van der Waals surface area contributed by atoms with Gasteiger partial charge in [-0.25, -0.2) is 4.79 Å². The molecule has 7 heteroatoms. The molecule has 0 aromatic heterocycles. The lowest BCUT2D eigenvalue weighted by atomic mass is 10.0. The van der Waals surface area contributed by atoms with Gasteiger partial charge in [-0.2, -0.15) is 0 Å². The van der Waals surface area contributed by atoms with Gasteiger partial charge in [0.2, 0.25) is 0 Å². The predicted octanol–water partition coefficient (Wildman–Crippen LogP) is 0.119. The van der Waals surface area contributed by atoms with E-state index in [1.54, 1.807) is 20.8 Å². The van der Waals surface area contributed by atoms with Gasteiger partial charge in [-0.15, -0.1) is 0 Å². The molecule has 2 unspecified atom stereocenters. The second-order valence-electron chi connectivity index (χ2n) is 5.88. The van der Waals surface area contributed by atoms with Crippen molar-refractivity contribution in [1.82, 2.24) is 10.2 Å². The molecule has 0 aliphatic carbocycles. The second kappa shape index (κ2) is 7.44. The number of likely N-dealkylation sites (tertiary alicyclic amines) is 1. The number of β-amino-alcohol motifs (C(OH)–C–C–N with tert-alkyl or cyclic N) is 1. The van der Waals surface area contributed by atoms with Gasteiger partial charge in [-0.3, -0.25) is 9.69 Å². The third kappa shape index (κ3) is 6.21. The summed E-state index contributed by atoms with van der Waals surface area (Å²) in [7, 11) is 0. The van der Waals surface area contributed by atoms with E-state index < -0.39 is 17.8 Å². The van der Waals surface area contributed by atoms with Crippen molar-refractivity contribution in [2.45, 2.75) is 44.9 Å². The molecular formula is C13H24N2O5. The molecule has 0 saturated carbocycles. The summed E-state index contributed by atoms with van der Waals surface area (Å²) in [6.07, 6.45) is -0.548. The highest BCUT2D eigenvalue weighted by Crippen LogP contribution is 2.13. The number of amides is 1. The molecule has 0 aromatic carbocycles. The Hall–Kier alpha value is -1.34. The average Bonchev–Trinajstić information content (AvgIpc) is 2.30. The Kier molecular flexibility index (Phi) is 6.22. The van der Waals surface area contributed by atoms with Gasteiger partial charge in [0.05, 0.1) is 12.1 Å². The molecule has 1 aliphatic rings. The minimum Gasteiger partial charge on any atom is -0.467 e. The van der Waals surface area contributed by atoms with Crippen LogP contribution in [-0.2, 0) is 14.3 Å². The zero-order valence-corrected chi connectivity index (χ0v) is 12.3. The Balaban J connectivity index is 2.33. The quantitative estimate of drug-likeness (QED) is 0.552. The van der Waals surface area contributed by atoms with Crippen molar-refractivity contribution >= 4 is 12.6 Å². The highest BCUT2D eigenvalue weighted by molar-refractivity contribution is 5.68. The van der Waals surface area contributed by atoms with Crippen molar-refractivity contribution in [2.75, 3.05) is 26.2 Å². The summed E-state index contributed by atoms with van der Waals surface area (Å²) in [5, 5.41) is 12.7. The lowest BCUT2D eigenvalue weighted by Gasteiger charge is -2.36. The maximum Gasteiger partial charge on any atom is 0.407 e. The van der Waals surface area contributed by atoms with Crippen LogP contribution in [0.2, 0.25) is 0 Å². The predicted molar refractivity (Wildman–Crippen MR) is 72.2 cm³/mol. The van der Waals surface area contributed by atoms with Crippen molar-refractivity contribution in [1.29, 1.82) is 0 Å². The van der Waals surface area contributed by atoms with Crippen molar-refractivity contribution < 1.29 is 24.2 Å². The molecule has 1 amide bonds. The molecule has 0 bridgehead atoms. The molecule has 2 atom stereocenters. The third-order valence-corrected chi connectivity index (χ3v) is 2.96. The van der Waals surface area contributed by atoms with Crippen LogP contribution < -0.4 is 5.32 Å². The van der Waals surface area contributed by atoms with Crippen LogP contribution in [0.5, 0.6) is 0 Å². The highest BCUT2D eigenvalue weighted by atomic mass is 16.6. The smallest absolute Gasteiger partial charge is 0.407 e. The van der Waals surface area contributed by atoms with E-state index in [0.717, 1.165) is 6.54 Å². The number of rotatable bonds is 5. The number of carbonyl (C=O) groups is 2. The number of aliphatic hydroxyl groups excluding tert-OH is 1. The van der Waals surface area contributed by atoms with Crippen LogP contribution in [-0.4, -0.2) is 66.6 Å². The van der Waals surface area contributed by atoms with Crippen LogP contribution in [0.3, 0.4) is 0 Å². The number of alkyl carbamates (subject to hydrolysis) is 1. The first-order chi connectivity index (χ1) is 9.31. The number of nitrogens with zero attached hydrogens (tertiary/aromatic N) is 1. The van der Waals surface area contributed by atoms with E-state index in [1.807, 2.05) is 4.90 Å². The summed E-state index contributed by atoms with van der Waals surface area (Å²) in [6, 6.07) is -0.312. The van der Waals surface area contributed by atoms with E-state index in [-0.39, 0.29) is 6.04 Å². The normalized spacial score (nSPS) is 24.0. The molecule has 0 radical (unpaired) electrons. The van der Waals surface area contributed by atoms with Gasteiger partial charge in [0.15, 0.2) is 0 Å². The molecule has 1 heterocycles. The molecular weight excluding hydrogens is 264 g/mol.